The van der Waals surface area contributed by atoms with Gasteiger partial charge in [-0.25, -0.2) is 0 Å². The van der Waals surface area contributed by atoms with E-state index in [1.807, 2.05) is 0 Å². The minimum Gasteiger partial charge on any atom is -0.462 e. The van der Waals surface area contributed by atoms with Crippen LogP contribution in [0.5, 0.6) is 0 Å². The van der Waals surface area contributed by atoms with Crippen molar-refractivity contribution in [3.63, 3.8) is 0 Å². The molecule has 0 N–H and O–H groups in total. The van der Waals surface area contributed by atoms with Crippen molar-refractivity contribution in [3.8, 4) is 0 Å². The molecule has 0 amide bonds. The van der Waals surface area contributed by atoms with Crippen LogP contribution < -0.4 is 0 Å². The number of hydrogen-bond donors (Lipinski definition) is 0. The van der Waals surface area contributed by atoms with E-state index in [0.717, 1.165) is 51.4 Å². The molecule has 0 aromatic carbocycles. The summed E-state index contributed by atoms with van der Waals surface area (Å²) in [6, 6.07) is 0. The summed E-state index contributed by atoms with van der Waals surface area (Å²) in [6.45, 7) is 7.80. The maximum atomic E-state index is 12.7. The van der Waals surface area contributed by atoms with Gasteiger partial charge in [0, 0.05) is 19.4 Å². The maximum absolute atomic E-state index is 12.7. The SMILES string of the molecule is CCCCCC/C=C\CCCCCCCCOCC(COC(=O)CCCCCCC/C=C\CCCCCCCC)OC(=O)CCCCCCCCCCC. The summed E-state index contributed by atoms with van der Waals surface area (Å²) in [5.74, 6) is -0.402. The lowest BCUT2D eigenvalue weighted by atomic mass is 10.1. The summed E-state index contributed by atoms with van der Waals surface area (Å²) in [6.07, 6.45) is 51.7. The van der Waals surface area contributed by atoms with Crippen molar-refractivity contribution in [2.45, 2.75) is 258 Å². The van der Waals surface area contributed by atoms with Gasteiger partial charge in [-0.15, -0.1) is 0 Å². The summed E-state index contributed by atoms with van der Waals surface area (Å²) in [7, 11) is 0. The van der Waals surface area contributed by atoms with Gasteiger partial charge in [0.05, 0.1) is 6.61 Å². The highest BCUT2D eigenvalue weighted by Crippen LogP contribution is 2.14. The van der Waals surface area contributed by atoms with Crippen LogP contribution in [-0.2, 0) is 23.8 Å². The Hall–Kier alpha value is -1.62. The fourth-order valence-electron chi connectivity index (χ4n) is 6.85. The summed E-state index contributed by atoms with van der Waals surface area (Å²) in [5.41, 5.74) is 0. The number of ether oxygens (including phenoxy) is 3. The second-order valence-electron chi connectivity index (χ2n) is 16.0. The van der Waals surface area contributed by atoms with Gasteiger partial charge in [-0.2, -0.15) is 0 Å². The van der Waals surface area contributed by atoms with Crippen molar-refractivity contribution in [2.75, 3.05) is 19.8 Å². The van der Waals surface area contributed by atoms with E-state index in [4.69, 9.17) is 14.2 Å². The molecule has 0 heterocycles. The summed E-state index contributed by atoms with van der Waals surface area (Å²) in [5, 5.41) is 0. The molecular formula is C49H92O5. The average Bonchev–Trinajstić information content (AvgIpc) is 3.17. The molecule has 0 fully saturated rings. The van der Waals surface area contributed by atoms with Crippen molar-refractivity contribution < 1.29 is 23.8 Å². The van der Waals surface area contributed by atoms with Crippen molar-refractivity contribution in [3.05, 3.63) is 24.3 Å². The number of unbranched alkanes of at least 4 members (excludes halogenated alkanes) is 29. The molecule has 5 nitrogen and oxygen atoms in total. The highest BCUT2D eigenvalue weighted by Gasteiger charge is 2.17. The van der Waals surface area contributed by atoms with E-state index >= 15 is 0 Å². The minimum absolute atomic E-state index is 0.0839. The molecule has 0 rings (SSSR count). The molecule has 0 bridgehead atoms. The highest BCUT2D eigenvalue weighted by molar-refractivity contribution is 5.70. The van der Waals surface area contributed by atoms with Gasteiger partial charge in [-0.1, -0.05) is 193 Å². The van der Waals surface area contributed by atoms with Gasteiger partial charge in [-0.3, -0.25) is 9.59 Å². The normalized spacial score (nSPS) is 12.3. The van der Waals surface area contributed by atoms with Gasteiger partial charge in [0.25, 0.3) is 0 Å². The van der Waals surface area contributed by atoms with Crippen molar-refractivity contribution in [1.29, 1.82) is 0 Å². The Balaban J connectivity index is 4.20. The fourth-order valence-corrected chi connectivity index (χ4v) is 6.85. The fraction of sp³-hybridized carbons (Fsp3) is 0.878. The van der Waals surface area contributed by atoms with Crippen LogP contribution in [-0.4, -0.2) is 37.9 Å². The van der Waals surface area contributed by atoms with E-state index in [-0.39, 0.29) is 25.2 Å². The number of rotatable bonds is 44. The molecule has 0 saturated heterocycles. The van der Waals surface area contributed by atoms with Crippen molar-refractivity contribution in [2.24, 2.45) is 0 Å². The van der Waals surface area contributed by atoms with Crippen LogP contribution in [0.1, 0.15) is 252 Å². The molecule has 0 aromatic rings. The molecule has 0 spiro atoms. The van der Waals surface area contributed by atoms with Crippen molar-refractivity contribution in [1.82, 2.24) is 0 Å². The molecule has 0 aliphatic carbocycles. The third-order valence-corrected chi connectivity index (χ3v) is 10.5. The minimum atomic E-state index is -0.533. The second kappa shape index (κ2) is 45.8. The monoisotopic (exact) mass is 761 g/mol. The standard InChI is InChI=1S/C49H92O5/c1-4-7-10-13-16-19-21-23-25-26-28-31-33-36-39-42-48(50)53-46-47(54-49(51)43-40-37-34-30-18-15-12-9-6-3)45-52-44-41-38-35-32-29-27-24-22-20-17-14-11-8-5-2/h20,22-23,25,47H,4-19,21,24,26-46H2,1-3H3/b22-20-,25-23-. The number of esters is 2. The number of allylic oxidation sites excluding steroid dienone is 4. The largest absolute Gasteiger partial charge is 0.462 e. The summed E-state index contributed by atoms with van der Waals surface area (Å²) in [4.78, 5) is 25.2. The van der Waals surface area contributed by atoms with Crippen LogP contribution in [0.2, 0.25) is 0 Å². The quantitative estimate of drug-likeness (QED) is 0.0352. The zero-order valence-electron chi connectivity index (χ0n) is 36.5. The molecular weight excluding hydrogens is 669 g/mol. The molecule has 54 heavy (non-hydrogen) atoms. The maximum Gasteiger partial charge on any atom is 0.306 e. The van der Waals surface area contributed by atoms with Crippen LogP contribution in [0.25, 0.3) is 0 Å². The Kier molecular flexibility index (Phi) is 44.4. The first-order valence-corrected chi connectivity index (χ1v) is 23.9. The summed E-state index contributed by atoms with van der Waals surface area (Å²) >= 11 is 0. The Morgan fingerprint density at radius 3 is 1.15 bits per heavy atom. The lowest BCUT2D eigenvalue weighted by molar-refractivity contribution is -0.163. The second-order valence-corrected chi connectivity index (χ2v) is 16.0. The van der Waals surface area contributed by atoms with Crippen LogP contribution in [0.3, 0.4) is 0 Å². The number of hydrogen-bond acceptors (Lipinski definition) is 5. The van der Waals surface area contributed by atoms with Crippen LogP contribution in [0.4, 0.5) is 0 Å². The first-order valence-electron chi connectivity index (χ1n) is 23.9. The molecule has 0 aromatic heterocycles. The zero-order chi connectivity index (χ0) is 39.3. The van der Waals surface area contributed by atoms with E-state index in [1.165, 1.54) is 167 Å². The van der Waals surface area contributed by atoms with E-state index in [9.17, 15) is 9.59 Å². The predicted octanol–water partition coefficient (Wildman–Crippen LogP) is 15.7. The number of carbonyl (C=O) groups is 2. The van der Waals surface area contributed by atoms with Gasteiger partial charge in [-0.05, 0) is 70.6 Å². The van der Waals surface area contributed by atoms with E-state index in [2.05, 4.69) is 45.1 Å². The van der Waals surface area contributed by atoms with Gasteiger partial charge in [0.15, 0.2) is 6.10 Å². The lowest BCUT2D eigenvalue weighted by Gasteiger charge is -2.18. The Bertz CT molecular complexity index is 821. The van der Waals surface area contributed by atoms with Crippen LogP contribution in [0, 0.1) is 0 Å². The molecule has 0 radical (unpaired) electrons. The van der Waals surface area contributed by atoms with E-state index in [1.54, 1.807) is 0 Å². The van der Waals surface area contributed by atoms with Crippen LogP contribution in [0.15, 0.2) is 24.3 Å². The first kappa shape index (κ1) is 52.4. The van der Waals surface area contributed by atoms with Gasteiger partial charge in [0.2, 0.25) is 0 Å². The smallest absolute Gasteiger partial charge is 0.306 e. The molecule has 1 unspecified atom stereocenters. The van der Waals surface area contributed by atoms with E-state index < -0.39 is 6.10 Å². The Morgan fingerprint density at radius 2 is 0.722 bits per heavy atom. The summed E-state index contributed by atoms with van der Waals surface area (Å²) < 4.78 is 17.3. The van der Waals surface area contributed by atoms with E-state index in [0.29, 0.717) is 19.4 Å². The highest BCUT2D eigenvalue weighted by atomic mass is 16.6. The molecule has 5 heteroatoms. The Labute approximate surface area is 337 Å². The first-order chi connectivity index (χ1) is 26.6. The van der Waals surface area contributed by atoms with Gasteiger partial charge >= 0.3 is 11.9 Å². The van der Waals surface area contributed by atoms with Crippen molar-refractivity contribution >= 4 is 11.9 Å². The lowest BCUT2D eigenvalue weighted by Crippen LogP contribution is -2.30. The third-order valence-electron chi connectivity index (χ3n) is 10.5. The number of carbonyl (C=O) groups excluding carboxylic acids is 2. The van der Waals surface area contributed by atoms with Gasteiger partial charge < -0.3 is 14.2 Å². The topological polar surface area (TPSA) is 61.8 Å². The zero-order valence-corrected chi connectivity index (χ0v) is 36.5. The third kappa shape index (κ3) is 43.1. The van der Waals surface area contributed by atoms with Gasteiger partial charge in [0.1, 0.15) is 6.61 Å². The average molecular weight is 761 g/mol. The molecule has 0 saturated carbocycles. The molecule has 0 aliphatic heterocycles. The molecule has 318 valence electrons. The molecule has 1 atom stereocenters. The Morgan fingerprint density at radius 1 is 0.389 bits per heavy atom. The van der Waals surface area contributed by atoms with Crippen LogP contribution >= 0.6 is 0 Å². The predicted molar refractivity (Wildman–Crippen MR) is 233 cm³/mol. The molecule has 0 aliphatic rings.